The van der Waals surface area contributed by atoms with Gasteiger partial charge in [-0.05, 0) is 54.1 Å². The van der Waals surface area contributed by atoms with E-state index in [2.05, 4.69) is 10.5 Å². The Morgan fingerprint density at radius 3 is 2.60 bits per heavy atom. The predicted molar refractivity (Wildman–Crippen MR) is 120 cm³/mol. The third-order valence-corrected chi connectivity index (χ3v) is 5.74. The van der Waals surface area contributed by atoms with E-state index in [0.29, 0.717) is 30.3 Å². The maximum Gasteiger partial charge on any atom is 0.271 e. The molecule has 0 unspecified atom stereocenters. The van der Waals surface area contributed by atoms with Gasteiger partial charge in [0.15, 0.2) is 11.5 Å². The van der Waals surface area contributed by atoms with Crippen LogP contribution in [0.15, 0.2) is 76.7 Å². The van der Waals surface area contributed by atoms with Crippen molar-refractivity contribution in [2.45, 2.75) is 10.6 Å². The molecule has 0 radical (unpaired) electrons. The van der Waals surface area contributed by atoms with Crippen LogP contribution in [-0.2, 0) is 5.75 Å². The lowest BCUT2D eigenvalue weighted by Gasteiger charge is -2.19. The first-order valence-corrected chi connectivity index (χ1v) is 10.7. The van der Waals surface area contributed by atoms with Crippen molar-refractivity contribution in [3.05, 3.63) is 88.4 Å². The molecule has 152 valence electrons. The average Bonchev–Trinajstić information content (AvgIpc) is 2.79. The quantitative estimate of drug-likeness (QED) is 0.328. The van der Waals surface area contributed by atoms with Gasteiger partial charge >= 0.3 is 0 Å². The van der Waals surface area contributed by atoms with Crippen LogP contribution < -0.4 is 14.9 Å². The first-order chi connectivity index (χ1) is 14.7. The number of rotatable bonds is 6. The van der Waals surface area contributed by atoms with Crippen LogP contribution in [0.2, 0.25) is 5.02 Å². The number of halogens is 1. The van der Waals surface area contributed by atoms with Gasteiger partial charge in [0.25, 0.3) is 5.91 Å². The number of benzene rings is 3. The number of hydrogen-bond acceptors (Lipinski definition) is 5. The Bertz CT molecular complexity index is 1050. The molecule has 0 aliphatic carbocycles. The van der Waals surface area contributed by atoms with Crippen molar-refractivity contribution in [3.63, 3.8) is 0 Å². The van der Waals surface area contributed by atoms with Crippen LogP contribution in [0.4, 0.5) is 0 Å². The Balaban J connectivity index is 1.33. The molecule has 0 saturated heterocycles. The number of nitrogens with zero attached hydrogens (tertiary/aromatic N) is 1. The van der Waals surface area contributed by atoms with Gasteiger partial charge in [-0.15, -0.1) is 11.8 Å². The van der Waals surface area contributed by atoms with E-state index in [1.165, 1.54) is 0 Å². The van der Waals surface area contributed by atoms with Gasteiger partial charge in [-0.2, -0.15) is 5.10 Å². The van der Waals surface area contributed by atoms with Crippen LogP contribution >= 0.6 is 23.4 Å². The molecule has 7 heteroatoms. The van der Waals surface area contributed by atoms with E-state index < -0.39 is 0 Å². The molecule has 1 N–H and O–H groups in total. The normalized spacial score (nSPS) is 12.7. The molecule has 0 atom stereocenters. The molecule has 0 spiro atoms. The molecular formula is C23H19ClN2O3S. The third kappa shape index (κ3) is 5.14. The smallest absolute Gasteiger partial charge is 0.271 e. The van der Waals surface area contributed by atoms with Gasteiger partial charge in [-0.3, -0.25) is 4.79 Å². The standard InChI is InChI=1S/C23H19ClN2O3S/c24-19-8-10-20(11-9-19)30-15-16-4-6-17(7-5-16)23(27)26-25-14-18-2-1-3-21-22(18)29-13-12-28-21/h1-11,14H,12-13,15H2,(H,26,27)/b25-14+. The second-order valence-corrected chi connectivity index (χ2v) is 8.00. The van der Waals surface area contributed by atoms with E-state index in [-0.39, 0.29) is 5.91 Å². The van der Waals surface area contributed by atoms with Gasteiger partial charge in [0.05, 0.1) is 6.21 Å². The molecule has 4 rings (SSSR count). The Kier molecular flexibility index (Phi) is 6.57. The number of amides is 1. The highest BCUT2D eigenvalue weighted by Crippen LogP contribution is 2.32. The van der Waals surface area contributed by atoms with Crippen molar-refractivity contribution in [2.24, 2.45) is 5.10 Å². The Morgan fingerprint density at radius 2 is 1.80 bits per heavy atom. The first-order valence-electron chi connectivity index (χ1n) is 9.38. The van der Waals surface area contributed by atoms with Gasteiger partial charge < -0.3 is 9.47 Å². The minimum atomic E-state index is -0.273. The minimum absolute atomic E-state index is 0.273. The number of fused-ring (bicyclic) bond motifs is 1. The van der Waals surface area contributed by atoms with Crippen LogP contribution in [0, 0.1) is 0 Å². The Labute approximate surface area is 184 Å². The molecule has 30 heavy (non-hydrogen) atoms. The summed E-state index contributed by atoms with van der Waals surface area (Å²) in [6.07, 6.45) is 1.56. The van der Waals surface area contributed by atoms with Crippen molar-refractivity contribution < 1.29 is 14.3 Å². The topological polar surface area (TPSA) is 59.9 Å². The molecule has 5 nitrogen and oxygen atoms in total. The van der Waals surface area contributed by atoms with E-state index in [0.717, 1.165) is 26.8 Å². The molecule has 0 saturated carbocycles. The number of carbonyl (C=O) groups excluding carboxylic acids is 1. The lowest BCUT2D eigenvalue weighted by atomic mass is 10.1. The maximum absolute atomic E-state index is 12.3. The van der Waals surface area contributed by atoms with Gasteiger partial charge in [0.2, 0.25) is 0 Å². The molecule has 3 aromatic rings. The fraction of sp³-hybridized carbons (Fsp3) is 0.130. The molecular weight excluding hydrogens is 420 g/mol. The summed E-state index contributed by atoms with van der Waals surface area (Å²) in [5.41, 5.74) is 4.98. The molecule has 3 aromatic carbocycles. The molecule has 0 aromatic heterocycles. The van der Waals surface area contributed by atoms with Crippen LogP contribution in [0.5, 0.6) is 11.5 Å². The highest BCUT2D eigenvalue weighted by molar-refractivity contribution is 7.98. The van der Waals surface area contributed by atoms with Crippen molar-refractivity contribution in [1.29, 1.82) is 0 Å². The number of ether oxygens (including phenoxy) is 2. The van der Waals surface area contributed by atoms with Gasteiger partial charge in [0, 0.05) is 26.8 Å². The van der Waals surface area contributed by atoms with Crippen molar-refractivity contribution in [1.82, 2.24) is 5.43 Å². The summed E-state index contributed by atoms with van der Waals surface area (Å²) in [5, 5.41) is 4.78. The number of carbonyl (C=O) groups is 1. The molecule has 1 aliphatic heterocycles. The second kappa shape index (κ2) is 9.69. The fourth-order valence-corrected chi connectivity index (χ4v) is 3.85. The summed E-state index contributed by atoms with van der Waals surface area (Å²) in [5.74, 6) is 1.86. The summed E-state index contributed by atoms with van der Waals surface area (Å²) in [7, 11) is 0. The summed E-state index contributed by atoms with van der Waals surface area (Å²) < 4.78 is 11.2. The number of thioether (sulfide) groups is 1. The van der Waals surface area contributed by atoms with Gasteiger partial charge in [-0.25, -0.2) is 5.43 Å². The van der Waals surface area contributed by atoms with Crippen LogP contribution in [0.1, 0.15) is 21.5 Å². The predicted octanol–water partition coefficient (Wildman–Crippen LogP) is 5.17. The zero-order chi connectivity index (χ0) is 20.8. The lowest BCUT2D eigenvalue weighted by molar-refractivity contribution is 0.0955. The average molecular weight is 439 g/mol. The number of para-hydroxylation sites is 1. The zero-order valence-electron chi connectivity index (χ0n) is 16.0. The third-order valence-electron chi connectivity index (χ3n) is 4.40. The molecule has 1 aliphatic rings. The van der Waals surface area contributed by atoms with E-state index in [4.69, 9.17) is 21.1 Å². The summed E-state index contributed by atoms with van der Waals surface area (Å²) in [4.78, 5) is 13.5. The van der Waals surface area contributed by atoms with Crippen LogP contribution in [0.25, 0.3) is 0 Å². The number of hydrogen-bond donors (Lipinski definition) is 1. The van der Waals surface area contributed by atoms with Crippen molar-refractivity contribution in [2.75, 3.05) is 13.2 Å². The molecule has 1 amide bonds. The summed E-state index contributed by atoms with van der Waals surface area (Å²) in [6.45, 7) is 1.02. The highest BCUT2D eigenvalue weighted by Gasteiger charge is 2.14. The SMILES string of the molecule is O=C(N/N=C/c1cccc2c1OCCO2)c1ccc(CSc2ccc(Cl)cc2)cc1. The Hall–Kier alpha value is -2.96. The van der Waals surface area contributed by atoms with Crippen molar-refractivity contribution >= 4 is 35.5 Å². The van der Waals surface area contributed by atoms with E-state index in [9.17, 15) is 4.79 Å². The number of hydrazone groups is 1. The van der Waals surface area contributed by atoms with Gasteiger partial charge in [-0.1, -0.05) is 29.8 Å². The summed E-state index contributed by atoms with van der Waals surface area (Å²) >= 11 is 7.62. The van der Waals surface area contributed by atoms with Crippen molar-refractivity contribution in [3.8, 4) is 11.5 Å². The highest BCUT2D eigenvalue weighted by atomic mass is 35.5. The Morgan fingerprint density at radius 1 is 1.03 bits per heavy atom. The monoisotopic (exact) mass is 438 g/mol. The van der Waals surface area contributed by atoms with E-state index >= 15 is 0 Å². The molecule has 1 heterocycles. The minimum Gasteiger partial charge on any atom is -0.486 e. The van der Waals surface area contributed by atoms with Crippen LogP contribution in [-0.4, -0.2) is 25.3 Å². The fourth-order valence-electron chi connectivity index (χ4n) is 2.87. The molecule has 0 fully saturated rings. The van der Waals surface area contributed by atoms with Crippen LogP contribution in [0.3, 0.4) is 0 Å². The zero-order valence-corrected chi connectivity index (χ0v) is 17.6. The van der Waals surface area contributed by atoms with E-state index in [1.807, 2.05) is 54.6 Å². The first kappa shape index (κ1) is 20.3. The number of nitrogens with one attached hydrogen (secondary N) is 1. The van der Waals surface area contributed by atoms with Gasteiger partial charge in [0.1, 0.15) is 13.2 Å². The largest absolute Gasteiger partial charge is 0.486 e. The molecule has 0 bridgehead atoms. The van der Waals surface area contributed by atoms with E-state index in [1.54, 1.807) is 30.1 Å². The maximum atomic E-state index is 12.3. The lowest BCUT2D eigenvalue weighted by Crippen LogP contribution is -2.18. The second-order valence-electron chi connectivity index (χ2n) is 6.51. The summed E-state index contributed by atoms with van der Waals surface area (Å²) in [6, 6.07) is 20.8.